The summed E-state index contributed by atoms with van der Waals surface area (Å²) in [6.07, 6.45) is 8.19. The Morgan fingerprint density at radius 2 is 2.05 bits per heavy atom. The lowest BCUT2D eigenvalue weighted by Crippen LogP contribution is -2.38. The SMILES string of the molecule is CN(C(N)=NCC1(c2cccc(F)c2)CCCCC1)C1CC1. The van der Waals surface area contributed by atoms with Crippen LogP contribution in [0.1, 0.15) is 50.5 Å². The fourth-order valence-corrected chi connectivity index (χ4v) is 3.58. The van der Waals surface area contributed by atoms with E-state index in [1.807, 2.05) is 19.2 Å². The molecule has 2 aliphatic rings. The van der Waals surface area contributed by atoms with Gasteiger partial charge >= 0.3 is 0 Å². The van der Waals surface area contributed by atoms with Crippen LogP contribution in [-0.4, -0.2) is 30.5 Å². The quantitative estimate of drug-likeness (QED) is 0.684. The molecule has 4 heteroatoms. The Kier molecular flexibility index (Phi) is 4.37. The van der Waals surface area contributed by atoms with E-state index < -0.39 is 0 Å². The first-order chi connectivity index (χ1) is 10.6. The maximum absolute atomic E-state index is 13.7. The number of nitrogens with zero attached hydrogens (tertiary/aromatic N) is 2. The summed E-state index contributed by atoms with van der Waals surface area (Å²) in [4.78, 5) is 6.77. The summed E-state index contributed by atoms with van der Waals surface area (Å²) in [6, 6.07) is 7.62. The van der Waals surface area contributed by atoms with Crippen molar-refractivity contribution < 1.29 is 4.39 Å². The zero-order chi connectivity index (χ0) is 15.6. The standard InChI is InChI=1S/C18H26FN3/c1-22(16-8-9-16)17(20)21-13-18(10-3-2-4-11-18)14-6-5-7-15(19)12-14/h5-7,12,16H,2-4,8-11,13H2,1H3,(H2,20,21). The van der Waals surface area contributed by atoms with Gasteiger partial charge in [0.05, 0.1) is 6.54 Å². The molecule has 2 fully saturated rings. The molecule has 0 atom stereocenters. The first-order valence-electron chi connectivity index (χ1n) is 8.40. The highest BCUT2D eigenvalue weighted by Crippen LogP contribution is 2.40. The molecule has 2 aliphatic carbocycles. The number of guanidine groups is 1. The van der Waals surface area contributed by atoms with Gasteiger partial charge in [-0.3, -0.25) is 4.99 Å². The minimum Gasteiger partial charge on any atom is -0.370 e. The van der Waals surface area contributed by atoms with Crippen molar-refractivity contribution in [2.45, 2.75) is 56.4 Å². The van der Waals surface area contributed by atoms with E-state index in [0.29, 0.717) is 18.5 Å². The Morgan fingerprint density at radius 3 is 2.68 bits per heavy atom. The molecule has 22 heavy (non-hydrogen) atoms. The number of halogens is 1. The van der Waals surface area contributed by atoms with Crippen molar-refractivity contribution in [1.82, 2.24) is 4.90 Å². The number of aliphatic imine (C=N–C) groups is 1. The molecule has 0 amide bonds. The maximum Gasteiger partial charge on any atom is 0.191 e. The number of hydrogen-bond donors (Lipinski definition) is 1. The second-order valence-corrected chi connectivity index (χ2v) is 6.87. The van der Waals surface area contributed by atoms with Crippen molar-refractivity contribution in [2.24, 2.45) is 10.7 Å². The molecule has 3 nitrogen and oxygen atoms in total. The fourth-order valence-electron chi connectivity index (χ4n) is 3.58. The second-order valence-electron chi connectivity index (χ2n) is 6.87. The van der Waals surface area contributed by atoms with Crippen LogP contribution in [0.25, 0.3) is 0 Å². The summed E-state index contributed by atoms with van der Waals surface area (Å²) in [5.41, 5.74) is 7.18. The molecule has 1 aromatic carbocycles. The maximum atomic E-state index is 13.7. The van der Waals surface area contributed by atoms with Gasteiger partial charge in [-0.05, 0) is 43.4 Å². The third-order valence-electron chi connectivity index (χ3n) is 5.25. The van der Waals surface area contributed by atoms with E-state index in [2.05, 4.69) is 9.89 Å². The molecule has 0 saturated heterocycles. The molecular formula is C18H26FN3. The van der Waals surface area contributed by atoms with Gasteiger partial charge in [0.25, 0.3) is 0 Å². The summed E-state index contributed by atoms with van der Waals surface area (Å²) in [6.45, 7) is 0.666. The molecule has 0 radical (unpaired) electrons. The van der Waals surface area contributed by atoms with E-state index in [-0.39, 0.29) is 11.2 Å². The van der Waals surface area contributed by atoms with Gasteiger partial charge in [0.1, 0.15) is 5.82 Å². The molecule has 0 heterocycles. The van der Waals surface area contributed by atoms with Crippen molar-refractivity contribution in [2.75, 3.05) is 13.6 Å². The molecule has 1 aromatic rings. The molecule has 2 N–H and O–H groups in total. The summed E-state index contributed by atoms with van der Waals surface area (Å²) in [7, 11) is 2.02. The first-order valence-corrected chi connectivity index (χ1v) is 8.40. The molecule has 0 spiro atoms. The summed E-state index contributed by atoms with van der Waals surface area (Å²) in [5.74, 6) is 0.471. The highest BCUT2D eigenvalue weighted by atomic mass is 19.1. The van der Waals surface area contributed by atoms with Crippen molar-refractivity contribution in [1.29, 1.82) is 0 Å². The van der Waals surface area contributed by atoms with Crippen LogP contribution in [-0.2, 0) is 5.41 Å². The van der Waals surface area contributed by atoms with Crippen LogP contribution in [0, 0.1) is 5.82 Å². The largest absolute Gasteiger partial charge is 0.370 e. The predicted octanol–water partition coefficient (Wildman–Crippen LogP) is 3.44. The predicted molar refractivity (Wildman–Crippen MR) is 88.4 cm³/mol. The summed E-state index contributed by atoms with van der Waals surface area (Å²) >= 11 is 0. The fraction of sp³-hybridized carbons (Fsp3) is 0.611. The van der Waals surface area contributed by atoms with Crippen LogP contribution in [0.3, 0.4) is 0 Å². The Bertz CT molecular complexity index is 545. The van der Waals surface area contributed by atoms with Gasteiger partial charge in [-0.2, -0.15) is 0 Å². The second kappa shape index (κ2) is 6.27. The van der Waals surface area contributed by atoms with Gasteiger partial charge in [-0.15, -0.1) is 0 Å². The van der Waals surface area contributed by atoms with E-state index in [1.165, 1.54) is 38.2 Å². The zero-order valence-corrected chi connectivity index (χ0v) is 13.4. The lowest BCUT2D eigenvalue weighted by Gasteiger charge is -2.37. The Morgan fingerprint density at radius 1 is 1.32 bits per heavy atom. The topological polar surface area (TPSA) is 41.6 Å². The van der Waals surface area contributed by atoms with Gasteiger partial charge < -0.3 is 10.6 Å². The number of benzene rings is 1. The van der Waals surface area contributed by atoms with Crippen LogP contribution < -0.4 is 5.73 Å². The molecule has 0 unspecified atom stereocenters. The van der Waals surface area contributed by atoms with Crippen molar-refractivity contribution in [3.8, 4) is 0 Å². The summed E-state index contributed by atoms with van der Waals surface area (Å²) in [5, 5.41) is 0. The van der Waals surface area contributed by atoms with Gasteiger partial charge in [-0.1, -0.05) is 31.4 Å². The van der Waals surface area contributed by atoms with Gasteiger partial charge in [-0.25, -0.2) is 4.39 Å². The van der Waals surface area contributed by atoms with Crippen LogP contribution >= 0.6 is 0 Å². The molecule has 0 bridgehead atoms. The van der Waals surface area contributed by atoms with Crippen LogP contribution in [0.5, 0.6) is 0 Å². The zero-order valence-electron chi connectivity index (χ0n) is 13.4. The smallest absolute Gasteiger partial charge is 0.191 e. The number of nitrogens with two attached hydrogens (primary N) is 1. The van der Waals surface area contributed by atoms with Crippen LogP contribution in [0.4, 0.5) is 4.39 Å². The Hall–Kier alpha value is -1.58. The number of hydrogen-bond acceptors (Lipinski definition) is 1. The van der Waals surface area contributed by atoms with Crippen LogP contribution in [0.2, 0.25) is 0 Å². The lowest BCUT2D eigenvalue weighted by atomic mass is 9.69. The third kappa shape index (κ3) is 3.26. The summed E-state index contributed by atoms with van der Waals surface area (Å²) < 4.78 is 13.7. The normalized spacial score (nSPS) is 21.6. The van der Waals surface area contributed by atoms with Crippen molar-refractivity contribution in [3.05, 3.63) is 35.6 Å². The van der Waals surface area contributed by atoms with E-state index in [4.69, 9.17) is 5.73 Å². The molecule has 2 saturated carbocycles. The molecule has 120 valence electrons. The van der Waals surface area contributed by atoms with Gasteiger partial charge in [0.15, 0.2) is 5.96 Å². The van der Waals surface area contributed by atoms with Gasteiger partial charge in [0, 0.05) is 18.5 Å². The van der Waals surface area contributed by atoms with E-state index in [9.17, 15) is 4.39 Å². The van der Waals surface area contributed by atoms with E-state index >= 15 is 0 Å². The monoisotopic (exact) mass is 303 g/mol. The molecule has 0 aromatic heterocycles. The highest BCUT2D eigenvalue weighted by Gasteiger charge is 2.34. The minimum absolute atomic E-state index is 0.0463. The third-order valence-corrected chi connectivity index (χ3v) is 5.25. The van der Waals surface area contributed by atoms with Crippen LogP contribution in [0.15, 0.2) is 29.3 Å². The van der Waals surface area contributed by atoms with E-state index in [0.717, 1.165) is 18.4 Å². The Labute approximate surface area is 132 Å². The average Bonchev–Trinajstić information content (AvgIpc) is 3.38. The highest BCUT2D eigenvalue weighted by molar-refractivity contribution is 5.78. The Balaban J connectivity index is 1.81. The molecule has 3 rings (SSSR count). The first kappa shape index (κ1) is 15.3. The van der Waals surface area contributed by atoms with E-state index in [1.54, 1.807) is 6.07 Å². The van der Waals surface area contributed by atoms with Crippen molar-refractivity contribution >= 4 is 5.96 Å². The molecular weight excluding hydrogens is 277 g/mol. The lowest BCUT2D eigenvalue weighted by molar-refractivity contribution is 0.299. The van der Waals surface area contributed by atoms with Crippen molar-refractivity contribution in [3.63, 3.8) is 0 Å². The molecule has 0 aliphatic heterocycles. The minimum atomic E-state index is -0.158. The number of rotatable bonds is 4. The average molecular weight is 303 g/mol. The van der Waals surface area contributed by atoms with Gasteiger partial charge in [0.2, 0.25) is 0 Å².